The molecular formula is C10H13F2NO. The summed E-state index contributed by atoms with van der Waals surface area (Å²) in [5.41, 5.74) is 5.97. The molecule has 0 amide bonds. The first-order valence-electron chi connectivity index (χ1n) is 4.37. The van der Waals surface area contributed by atoms with Gasteiger partial charge in [-0.25, -0.2) is 8.78 Å². The van der Waals surface area contributed by atoms with Crippen LogP contribution in [0.5, 0.6) is 0 Å². The number of hydrogen-bond acceptors (Lipinski definition) is 2. The minimum atomic E-state index is -0.860. The summed E-state index contributed by atoms with van der Waals surface area (Å²) < 4.78 is 30.6. The molecule has 1 rings (SSSR count). The molecule has 0 aliphatic carbocycles. The lowest BCUT2D eigenvalue weighted by atomic mass is 10.1. The fraction of sp³-hybridized carbons (Fsp3) is 0.400. The molecule has 1 aromatic carbocycles. The first kappa shape index (κ1) is 11.1. The van der Waals surface area contributed by atoms with Crippen molar-refractivity contribution in [2.24, 2.45) is 5.73 Å². The van der Waals surface area contributed by atoms with Crippen molar-refractivity contribution in [2.45, 2.75) is 12.5 Å². The summed E-state index contributed by atoms with van der Waals surface area (Å²) in [5, 5.41) is 0. The molecule has 2 nitrogen and oxygen atoms in total. The topological polar surface area (TPSA) is 35.2 Å². The van der Waals surface area contributed by atoms with Crippen LogP contribution in [0.2, 0.25) is 0 Å². The molecule has 0 aromatic heterocycles. The molecule has 2 N–H and O–H groups in total. The maximum atomic E-state index is 12.9. The quantitative estimate of drug-likeness (QED) is 0.808. The molecule has 1 atom stereocenters. The van der Waals surface area contributed by atoms with Crippen molar-refractivity contribution >= 4 is 0 Å². The van der Waals surface area contributed by atoms with Gasteiger partial charge in [-0.15, -0.1) is 0 Å². The van der Waals surface area contributed by atoms with Crippen molar-refractivity contribution in [3.8, 4) is 0 Å². The van der Waals surface area contributed by atoms with Gasteiger partial charge >= 0.3 is 0 Å². The Labute approximate surface area is 81.7 Å². The van der Waals surface area contributed by atoms with Crippen molar-refractivity contribution in [3.63, 3.8) is 0 Å². The minimum Gasteiger partial charge on any atom is -0.377 e. The Bertz CT molecular complexity index is 304. The molecule has 1 unspecified atom stereocenters. The van der Waals surface area contributed by atoms with Gasteiger partial charge in [0.05, 0.1) is 6.10 Å². The summed E-state index contributed by atoms with van der Waals surface area (Å²) in [4.78, 5) is 0. The number of methoxy groups -OCH3 is 1. The molecule has 0 aliphatic rings. The van der Waals surface area contributed by atoms with Gasteiger partial charge in [-0.05, 0) is 30.7 Å². The molecule has 1 aromatic rings. The molecular weight excluding hydrogens is 188 g/mol. The molecule has 4 heteroatoms. The summed E-state index contributed by atoms with van der Waals surface area (Å²) >= 11 is 0. The van der Waals surface area contributed by atoms with Crippen LogP contribution in [0.3, 0.4) is 0 Å². The molecule has 0 aliphatic heterocycles. The van der Waals surface area contributed by atoms with Crippen LogP contribution >= 0.6 is 0 Å². The highest BCUT2D eigenvalue weighted by Crippen LogP contribution is 2.21. The Morgan fingerprint density at radius 3 is 2.57 bits per heavy atom. The Kier molecular flexibility index (Phi) is 3.98. The molecule has 14 heavy (non-hydrogen) atoms. The van der Waals surface area contributed by atoms with E-state index in [9.17, 15) is 8.78 Å². The Morgan fingerprint density at radius 1 is 1.36 bits per heavy atom. The predicted octanol–water partition coefficient (Wildman–Crippen LogP) is 2.00. The Morgan fingerprint density at radius 2 is 2.07 bits per heavy atom. The van der Waals surface area contributed by atoms with Crippen molar-refractivity contribution in [2.75, 3.05) is 13.7 Å². The number of halogens is 2. The van der Waals surface area contributed by atoms with Crippen LogP contribution < -0.4 is 5.73 Å². The third-order valence-corrected chi connectivity index (χ3v) is 2.03. The number of rotatable bonds is 4. The smallest absolute Gasteiger partial charge is 0.159 e. The molecule has 0 saturated carbocycles. The average molecular weight is 201 g/mol. The lowest BCUT2D eigenvalue weighted by molar-refractivity contribution is 0.0974. The highest BCUT2D eigenvalue weighted by atomic mass is 19.2. The maximum absolute atomic E-state index is 12.9. The van der Waals surface area contributed by atoms with Gasteiger partial charge in [0.2, 0.25) is 0 Å². The van der Waals surface area contributed by atoms with Crippen molar-refractivity contribution in [1.29, 1.82) is 0 Å². The molecule has 78 valence electrons. The SMILES string of the molecule is COC(CCN)c1ccc(F)c(F)c1. The first-order chi connectivity index (χ1) is 6.69. The predicted molar refractivity (Wildman–Crippen MR) is 49.8 cm³/mol. The van der Waals surface area contributed by atoms with Crippen molar-refractivity contribution < 1.29 is 13.5 Å². The fourth-order valence-electron chi connectivity index (χ4n) is 1.28. The highest BCUT2D eigenvalue weighted by Gasteiger charge is 2.11. The van der Waals surface area contributed by atoms with Gasteiger partial charge < -0.3 is 10.5 Å². The Hall–Kier alpha value is -1.00. The van der Waals surface area contributed by atoms with Crippen molar-refractivity contribution in [1.82, 2.24) is 0 Å². The molecule has 0 fully saturated rings. The lowest BCUT2D eigenvalue weighted by Gasteiger charge is -2.14. The number of ether oxygens (including phenoxy) is 1. The third-order valence-electron chi connectivity index (χ3n) is 2.03. The minimum absolute atomic E-state index is 0.268. The number of benzene rings is 1. The van der Waals surface area contributed by atoms with Crippen LogP contribution in [-0.4, -0.2) is 13.7 Å². The molecule has 0 spiro atoms. The number of hydrogen-bond donors (Lipinski definition) is 1. The standard InChI is InChI=1S/C10H13F2NO/c1-14-10(4-5-13)7-2-3-8(11)9(12)6-7/h2-3,6,10H,4-5,13H2,1H3. The maximum Gasteiger partial charge on any atom is 0.159 e. The molecule has 0 bridgehead atoms. The molecule has 0 heterocycles. The van der Waals surface area contributed by atoms with Crippen LogP contribution in [0.4, 0.5) is 8.78 Å². The van der Waals surface area contributed by atoms with E-state index in [4.69, 9.17) is 10.5 Å². The summed E-state index contributed by atoms with van der Waals surface area (Å²) in [6.07, 6.45) is 0.316. The second-order valence-corrected chi connectivity index (χ2v) is 2.98. The van der Waals surface area contributed by atoms with Gasteiger partial charge in [-0.3, -0.25) is 0 Å². The summed E-state index contributed by atoms with van der Waals surface area (Å²) in [6.45, 7) is 0.442. The number of nitrogens with two attached hydrogens (primary N) is 1. The van der Waals surface area contributed by atoms with Gasteiger partial charge in [0.1, 0.15) is 0 Å². The zero-order chi connectivity index (χ0) is 10.6. The second kappa shape index (κ2) is 5.02. The van der Waals surface area contributed by atoms with Crippen LogP contribution in [0, 0.1) is 11.6 Å². The van der Waals surface area contributed by atoms with E-state index in [1.807, 2.05) is 0 Å². The van der Waals surface area contributed by atoms with E-state index in [1.165, 1.54) is 13.2 Å². The van der Waals surface area contributed by atoms with Crippen LogP contribution in [0.15, 0.2) is 18.2 Å². The average Bonchev–Trinajstić information content (AvgIpc) is 2.19. The Balaban J connectivity index is 2.88. The van der Waals surface area contributed by atoms with E-state index in [-0.39, 0.29) is 6.10 Å². The van der Waals surface area contributed by atoms with Gasteiger partial charge in [-0.1, -0.05) is 6.07 Å². The third kappa shape index (κ3) is 2.49. The molecule has 0 saturated heterocycles. The monoisotopic (exact) mass is 201 g/mol. The highest BCUT2D eigenvalue weighted by molar-refractivity contribution is 5.20. The van der Waals surface area contributed by atoms with Crippen LogP contribution in [0.25, 0.3) is 0 Å². The van der Waals surface area contributed by atoms with Gasteiger partial charge in [-0.2, -0.15) is 0 Å². The van der Waals surface area contributed by atoms with Crippen LogP contribution in [-0.2, 0) is 4.74 Å². The van der Waals surface area contributed by atoms with Gasteiger partial charge in [0.25, 0.3) is 0 Å². The zero-order valence-corrected chi connectivity index (χ0v) is 7.97. The molecule has 0 radical (unpaired) electrons. The zero-order valence-electron chi connectivity index (χ0n) is 7.97. The van der Waals surface area contributed by atoms with E-state index < -0.39 is 11.6 Å². The van der Waals surface area contributed by atoms with Crippen LogP contribution in [0.1, 0.15) is 18.1 Å². The van der Waals surface area contributed by atoms with E-state index >= 15 is 0 Å². The van der Waals surface area contributed by atoms with E-state index in [1.54, 1.807) is 0 Å². The normalized spacial score (nSPS) is 12.9. The first-order valence-corrected chi connectivity index (χ1v) is 4.37. The summed E-state index contributed by atoms with van der Waals surface area (Å²) in [6, 6.07) is 3.73. The second-order valence-electron chi connectivity index (χ2n) is 2.98. The fourth-order valence-corrected chi connectivity index (χ4v) is 1.28. The van der Waals surface area contributed by atoms with E-state index in [2.05, 4.69) is 0 Å². The largest absolute Gasteiger partial charge is 0.377 e. The lowest BCUT2D eigenvalue weighted by Crippen LogP contribution is -2.09. The van der Waals surface area contributed by atoms with Crippen molar-refractivity contribution in [3.05, 3.63) is 35.4 Å². The van der Waals surface area contributed by atoms with Gasteiger partial charge in [0.15, 0.2) is 11.6 Å². The summed E-state index contributed by atoms with van der Waals surface area (Å²) in [5.74, 6) is -1.71. The van der Waals surface area contributed by atoms with E-state index in [0.717, 1.165) is 12.1 Å². The van der Waals surface area contributed by atoms with E-state index in [0.29, 0.717) is 18.5 Å². The van der Waals surface area contributed by atoms with Gasteiger partial charge in [0, 0.05) is 7.11 Å². The summed E-state index contributed by atoms with van der Waals surface area (Å²) in [7, 11) is 1.52.